The Morgan fingerprint density at radius 3 is 2.57 bits per heavy atom. The number of rotatable bonds is 5. The molecule has 1 aliphatic carbocycles. The summed E-state index contributed by atoms with van der Waals surface area (Å²) in [6.45, 7) is 0.624. The molecule has 3 unspecified atom stereocenters. The van der Waals surface area contributed by atoms with E-state index in [0.717, 1.165) is 19.3 Å². The molecule has 0 aromatic rings. The van der Waals surface area contributed by atoms with E-state index in [9.17, 15) is 13.2 Å². The molecule has 1 aliphatic heterocycles. The molecule has 3 N–H and O–H groups in total. The van der Waals surface area contributed by atoms with Crippen LogP contribution >= 0.6 is 24.2 Å². The topological polar surface area (TPSA) is 89.3 Å². The number of sulfone groups is 1. The van der Waals surface area contributed by atoms with Crippen molar-refractivity contribution in [3.63, 3.8) is 0 Å². The largest absolute Gasteiger partial charge is 0.352 e. The highest BCUT2D eigenvalue weighted by Gasteiger charge is 2.29. The molecule has 3 atom stereocenters. The van der Waals surface area contributed by atoms with E-state index in [1.165, 1.54) is 18.2 Å². The molecular weight excluding hydrogens is 332 g/mol. The third kappa shape index (κ3) is 5.96. The van der Waals surface area contributed by atoms with Gasteiger partial charge in [0.1, 0.15) is 0 Å². The number of halogens is 1. The lowest BCUT2D eigenvalue weighted by Gasteiger charge is -2.31. The number of hydrogen-bond acceptors (Lipinski definition) is 5. The van der Waals surface area contributed by atoms with E-state index in [1.54, 1.807) is 0 Å². The SMILES string of the molecule is Cl.NCC1CCCCC1NC(=O)CSC1CCS(=O)(=O)C1. The van der Waals surface area contributed by atoms with Crippen molar-refractivity contribution in [3.05, 3.63) is 0 Å². The molecule has 0 aromatic heterocycles. The lowest BCUT2D eigenvalue weighted by Crippen LogP contribution is -2.45. The highest BCUT2D eigenvalue weighted by molar-refractivity contribution is 8.02. The predicted octanol–water partition coefficient (Wildman–Crippen LogP) is 0.962. The fraction of sp³-hybridized carbons (Fsp3) is 0.923. The normalized spacial score (nSPS) is 31.4. The van der Waals surface area contributed by atoms with Crippen molar-refractivity contribution in [3.8, 4) is 0 Å². The van der Waals surface area contributed by atoms with Crippen LogP contribution in [0.15, 0.2) is 0 Å². The third-order valence-corrected chi connectivity index (χ3v) is 7.48. The van der Waals surface area contributed by atoms with Crippen LogP contribution in [0, 0.1) is 5.92 Å². The first kappa shape index (κ1) is 19.1. The van der Waals surface area contributed by atoms with Crippen LogP contribution in [-0.2, 0) is 14.6 Å². The van der Waals surface area contributed by atoms with E-state index in [-0.39, 0.29) is 41.1 Å². The number of nitrogens with one attached hydrogen (secondary N) is 1. The van der Waals surface area contributed by atoms with Gasteiger partial charge in [0.05, 0.1) is 17.3 Å². The van der Waals surface area contributed by atoms with E-state index >= 15 is 0 Å². The fourth-order valence-electron chi connectivity index (χ4n) is 3.01. The van der Waals surface area contributed by atoms with Gasteiger partial charge in [0.15, 0.2) is 9.84 Å². The second kappa shape index (κ2) is 8.60. The number of amides is 1. The van der Waals surface area contributed by atoms with Crippen LogP contribution in [-0.4, -0.2) is 49.4 Å². The maximum atomic E-state index is 12.0. The molecule has 21 heavy (non-hydrogen) atoms. The molecule has 0 aromatic carbocycles. The quantitative estimate of drug-likeness (QED) is 0.766. The second-order valence-electron chi connectivity index (χ2n) is 5.79. The molecule has 5 nitrogen and oxygen atoms in total. The Balaban J connectivity index is 0.00000220. The maximum Gasteiger partial charge on any atom is 0.230 e. The van der Waals surface area contributed by atoms with E-state index in [0.29, 0.717) is 24.6 Å². The molecule has 0 radical (unpaired) electrons. The Labute approximate surface area is 137 Å². The Hall–Kier alpha value is 0.0200. The van der Waals surface area contributed by atoms with Crippen LogP contribution in [0.1, 0.15) is 32.1 Å². The van der Waals surface area contributed by atoms with Gasteiger partial charge in [-0.05, 0) is 31.7 Å². The number of carbonyl (C=O) groups excluding carboxylic acids is 1. The summed E-state index contributed by atoms with van der Waals surface area (Å²) in [5.74, 6) is 1.26. The first-order chi connectivity index (χ1) is 9.50. The summed E-state index contributed by atoms with van der Waals surface area (Å²) < 4.78 is 22.7. The molecule has 1 amide bonds. The van der Waals surface area contributed by atoms with Gasteiger partial charge in [-0.2, -0.15) is 0 Å². The van der Waals surface area contributed by atoms with E-state index < -0.39 is 9.84 Å². The smallest absolute Gasteiger partial charge is 0.230 e. The van der Waals surface area contributed by atoms with Gasteiger partial charge < -0.3 is 11.1 Å². The predicted molar refractivity (Wildman–Crippen MR) is 89.7 cm³/mol. The molecule has 2 rings (SSSR count). The highest BCUT2D eigenvalue weighted by Crippen LogP contribution is 2.25. The molecule has 124 valence electrons. The Bertz CT molecular complexity index is 445. The van der Waals surface area contributed by atoms with E-state index in [4.69, 9.17) is 5.73 Å². The van der Waals surface area contributed by atoms with Crippen LogP contribution < -0.4 is 11.1 Å². The minimum atomic E-state index is -2.85. The van der Waals surface area contributed by atoms with Gasteiger partial charge in [-0.15, -0.1) is 24.2 Å². The number of thioether (sulfide) groups is 1. The van der Waals surface area contributed by atoms with Gasteiger partial charge in [0.25, 0.3) is 0 Å². The van der Waals surface area contributed by atoms with Crippen molar-refractivity contribution in [2.45, 2.75) is 43.4 Å². The zero-order valence-electron chi connectivity index (χ0n) is 12.1. The van der Waals surface area contributed by atoms with Crippen LogP contribution in [0.2, 0.25) is 0 Å². The second-order valence-corrected chi connectivity index (χ2v) is 9.31. The summed E-state index contributed by atoms with van der Waals surface area (Å²) in [6, 6.07) is 0.203. The summed E-state index contributed by atoms with van der Waals surface area (Å²) >= 11 is 1.47. The fourth-order valence-corrected chi connectivity index (χ4v) is 6.47. The number of carbonyl (C=O) groups is 1. The van der Waals surface area contributed by atoms with Gasteiger partial charge in [0.2, 0.25) is 5.91 Å². The lowest BCUT2D eigenvalue weighted by molar-refractivity contribution is -0.119. The van der Waals surface area contributed by atoms with Crippen LogP contribution in [0.5, 0.6) is 0 Å². The molecular formula is C13H25ClN2O3S2. The molecule has 1 saturated heterocycles. The van der Waals surface area contributed by atoms with Crippen molar-refractivity contribution >= 4 is 39.9 Å². The summed E-state index contributed by atoms with van der Waals surface area (Å²) in [6.07, 6.45) is 5.12. The number of nitrogens with two attached hydrogens (primary N) is 1. The molecule has 1 saturated carbocycles. The molecule has 2 aliphatic rings. The zero-order chi connectivity index (χ0) is 14.6. The van der Waals surface area contributed by atoms with Crippen LogP contribution in [0.3, 0.4) is 0 Å². The molecule has 0 spiro atoms. The van der Waals surface area contributed by atoms with Crippen molar-refractivity contribution in [1.82, 2.24) is 5.32 Å². The van der Waals surface area contributed by atoms with Crippen molar-refractivity contribution < 1.29 is 13.2 Å². The monoisotopic (exact) mass is 356 g/mol. The summed E-state index contributed by atoms with van der Waals surface area (Å²) in [5, 5.41) is 3.16. The average Bonchev–Trinajstić information content (AvgIpc) is 2.77. The van der Waals surface area contributed by atoms with E-state index in [2.05, 4.69) is 5.32 Å². The minimum absolute atomic E-state index is 0. The lowest BCUT2D eigenvalue weighted by atomic mass is 9.84. The van der Waals surface area contributed by atoms with Crippen LogP contribution in [0.25, 0.3) is 0 Å². The minimum Gasteiger partial charge on any atom is -0.352 e. The summed E-state index contributed by atoms with van der Waals surface area (Å²) in [7, 11) is -2.85. The van der Waals surface area contributed by atoms with Gasteiger partial charge in [-0.3, -0.25) is 4.79 Å². The molecule has 0 bridgehead atoms. The van der Waals surface area contributed by atoms with Crippen LogP contribution in [0.4, 0.5) is 0 Å². The highest BCUT2D eigenvalue weighted by atomic mass is 35.5. The van der Waals surface area contributed by atoms with Gasteiger partial charge in [-0.1, -0.05) is 12.8 Å². The molecule has 2 fully saturated rings. The zero-order valence-corrected chi connectivity index (χ0v) is 14.6. The van der Waals surface area contributed by atoms with Crippen molar-refractivity contribution in [2.75, 3.05) is 23.8 Å². The maximum absolute atomic E-state index is 12.0. The van der Waals surface area contributed by atoms with Crippen molar-refractivity contribution in [2.24, 2.45) is 11.7 Å². The molecule has 1 heterocycles. The average molecular weight is 357 g/mol. The Kier molecular flexibility index (Phi) is 7.81. The summed E-state index contributed by atoms with van der Waals surface area (Å²) in [5.41, 5.74) is 5.75. The standard InChI is InChI=1S/C13H24N2O3S2.ClH/c14-7-10-3-1-2-4-12(10)15-13(16)8-19-11-5-6-20(17,18)9-11;/h10-12H,1-9,14H2,(H,15,16);1H. The van der Waals surface area contributed by atoms with Gasteiger partial charge >= 0.3 is 0 Å². The first-order valence-corrected chi connectivity index (χ1v) is 10.2. The van der Waals surface area contributed by atoms with Gasteiger partial charge in [0, 0.05) is 11.3 Å². The molecule has 8 heteroatoms. The van der Waals surface area contributed by atoms with Crippen molar-refractivity contribution in [1.29, 1.82) is 0 Å². The Morgan fingerprint density at radius 1 is 1.24 bits per heavy atom. The third-order valence-electron chi connectivity index (χ3n) is 4.20. The first-order valence-electron chi connectivity index (χ1n) is 7.31. The number of hydrogen-bond donors (Lipinski definition) is 2. The van der Waals surface area contributed by atoms with Gasteiger partial charge in [-0.25, -0.2) is 8.42 Å². The summed E-state index contributed by atoms with van der Waals surface area (Å²) in [4.78, 5) is 12.0. The van der Waals surface area contributed by atoms with E-state index in [1.807, 2.05) is 0 Å². The Morgan fingerprint density at radius 2 is 1.95 bits per heavy atom.